The highest BCUT2D eigenvalue weighted by atomic mass is 16.5. The van der Waals surface area contributed by atoms with Crippen molar-refractivity contribution < 1.29 is 14.6 Å². The topological polar surface area (TPSA) is 58.6 Å². The van der Waals surface area contributed by atoms with Crippen molar-refractivity contribution in [2.24, 2.45) is 5.92 Å². The van der Waals surface area contributed by atoms with Crippen molar-refractivity contribution in [1.82, 2.24) is 5.32 Å². The van der Waals surface area contributed by atoms with Crippen LogP contribution >= 0.6 is 0 Å². The number of aliphatic hydroxyl groups is 1. The molecule has 20 heavy (non-hydrogen) atoms. The summed E-state index contributed by atoms with van der Waals surface area (Å²) >= 11 is 0. The van der Waals surface area contributed by atoms with Crippen LogP contribution in [0.25, 0.3) is 0 Å². The number of carbonyl (C=O) groups excluding carboxylic acids is 1. The number of nitrogens with one attached hydrogen (secondary N) is 1. The van der Waals surface area contributed by atoms with Crippen molar-refractivity contribution in [1.29, 1.82) is 0 Å². The van der Waals surface area contributed by atoms with Gasteiger partial charge < -0.3 is 15.2 Å². The number of rotatable bonds is 8. The molecule has 0 amide bonds. The van der Waals surface area contributed by atoms with Crippen LogP contribution in [0.5, 0.6) is 0 Å². The van der Waals surface area contributed by atoms with Crippen LogP contribution in [0, 0.1) is 5.92 Å². The third-order valence-electron chi connectivity index (χ3n) is 3.65. The second-order valence-electron chi connectivity index (χ2n) is 4.96. The Balaban J connectivity index is 2.40. The molecule has 0 fully saturated rings. The summed E-state index contributed by atoms with van der Waals surface area (Å²) in [5.41, 5.74) is 1.63. The summed E-state index contributed by atoms with van der Waals surface area (Å²) in [6, 6.07) is 7.28. The van der Waals surface area contributed by atoms with E-state index < -0.39 is 0 Å². The zero-order valence-electron chi connectivity index (χ0n) is 12.6. The molecule has 1 aromatic rings. The standard InChI is InChI=1S/C16H25NO3/c1-4-13(5-2)15(18)11-17-10-12-6-8-14(9-7-12)16(19)20-3/h6-9,13,15,17-18H,4-5,10-11H2,1-3H3. The lowest BCUT2D eigenvalue weighted by atomic mass is 9.96. The number of hydrogen-bond acceptors (Lipinski definition) is 4. The van der Waals surface area contributed by atoms with E-state index in [2.05, 4.69) is 23.9 Å². The number of benzene rings is 1. The fourth-order valence-corrected chi connectivity index (χ4v) is 2.24. The summed E-state index contributed by atoms with van der Waals surface area (Å²) in [5.74, 6) is 0.0258. The average molecular weight is 279 g/mol. The van der Waals surface area contributed by atoms with Crippen molar-refractivity contribution in [3.05, 3.63) is 35.4 Å². The van der Waals surface area contributed by atoms with E-state index in [0.29, 0.717) is 24.6 Å². The third kappa shape index (κ3) is 4.94. The maximum atomic E-state index is 11.3. The van der Waals surface area contributed by atoms with Crippen molar-refractivity contribution in [3.63, 3.8) is 0 Å². The van der Waals surface area contributed by atoms with Gasteiger partial charge in [0.2, 0.25) is 0 Å². The monoisotopic (exact) mass is 279 g/mol. The molecule has 0 aromatic heterocycles. The van der Waals surface area contributed by atoms with E-state index in [-0.39, 0.29) is 12.1 Å². The van der Waals surface area contributed by atoms with Crippen molar-refractivity contribution in [3.8, 4) is 0 Å². The van der Waals surface area contributed by atoms with Gasteiger partial charge >= 0.3 is 5.97 Å². The first kappa shape index (κ1) is 16.7. The Morgan fingerprint density at radius 3 is 2.35 bits per heavy atom. The van der Waals surface area contributed by atoms with Crippen LogP contribution in [0.4, 0.5) is 0 Å². The number of esters is 1. The fraction of sp³-hybridized carbons (Fsp3) is 0.562. The smallest absolute Gasteiger partial charge is 0.337 e. The van der Waals surface area contributed by atoms with Crippen LogP contribution in [-0.2, 0) is 11.3 Å². The average Bonchev–Trinajstić information content (AvgIpc) is 2.48. The summed E-state index contributed by atoms with van der Waals surface area (Å²) in [5, 5.41) is 13.3. The summed E-state index contributed by atoms with van der Waals surface area (Å²) in [7, 11) is 1.37. The zero-order valence-corrected chi connectivity index (χ0v) is 12.6. The van der Waals surface area contributed by atoms with Crippen LogP contribution in [0.3, 0.4) is 0 Å². The van der Waals surface area contributed by atoms with E-state index >= 15 is 0 Å². The van der Waals surface area contributed by atoms with Gasteiger partial charge in [0.15, 0.2) is 0 Å². The van der Waals surface area contributed by atoms with Crippen LogP contribution in [0.15, 0.2) is 24.3 Å². The molecule has 0 aliphatic rings. The van der Waals surface area contributed by atoms with Crippen molar-refractivity contribution in [2.75, 3.05) is 13.7 Å². The highest BCUT2D eigenvalue weighted by Gasteiger charge is 2.14. The Morgan fingerprint density at radius 2 is 1.85 bits per heavy atom. The molecular formula is C16H25NO3. The van der Waals surface area contributed by atoms with Gasteiger partial charge in [-0.3, -0.25) is 0 Å². The molecule has 1 unspecified atom stereocenters. The lowest BCUT2D eigenvalue weighted by Gasteiger charge is -2.20. The SMILES string of the molecule is CCC(CC)C(O)CNCc1ccc(C(=O)OC)cc1. The van der Waals surface area contributed by atoms with E-state index in [1.54, 1.807) is 12.1 Å². The highest BCUT2D eigenvalue weighted by molar-refractivity contribution is 5.89. The van der Waals surface area contributed by atoms with Gasteiger partial charge in [0.1, 0.15) is 0 Å². The Labute approximate surface area is 121 Å². The van der Waals surface area contributed by atoms with Crippen molar-refractivity contribution >= 4 is 5.97 Å². The van der Waals surface area contributed by atoms with Crippen LogP contribution in [0.1, 0.15) is 42.6 Å². The lowest BCUT2D eigenvalue weighted by molar-refractivity contribution is 0.0600. The third-order valence-corrected chi connectivity index (χ3v) is 3.65. The van der Waals surface area contributed by atoms with Gasteiger partial charge in [0, 0.05) is 13.1 Å². The number of aliphatic hydroxyl groups excluding tert-OH is 1. The number of ether oxygens (including phenoxy) is 1. The molecule has 4 nitrogen and oxygen atoms in total. The summed E-state index contributed by atoms with van der Waals surface area (Å²) < 4.78 is 4.65. The fourth-order valence-electron chi connectivity index (χ4n) is 2.24. The first-order valence-electron chi connectivity index (χ1n) is 7.18. The summed E-state index contributed by atoms with van der Waals surface area (Å²) in [4.78, 5) is 11.3. The lowest BCUT2D eigenvalue weighted by Crippen LogP contribution is -2.32. The molecule has 0 saturated heterocycles. The Morgan fingerprint density at radius 1 is 1.25 bits per heavy atom. The van der Waals surface area contributed by atoms with Gasteiger partial charge in [0.25, 0.3) is 0 Å². The molecule has 0 radical (unpaired) electrons. The number of methoxy groups -OCH3 is 1. The zero-order chi connectivity index (χ0) is 15.0. The maximum absolute atomic E-state index is 11.3. The number of hydrogen-bond donors (Lipinski definition) is 2. The number of carbonyl (C=O) groups is 1. The molecule has 0 aliphatic heterocycles. The minimum atomic E-state index is -0.325. The van der Waals surface area contributed by atoms with Gasteiger partial charge in [0.05, 0.1) is 18.8 Å². The van der Waals surface area contributed by atoms with E-state index in [1.165, 1.54) is 7.11 Å². The molecule has 1 aromatic carbocycles. The summed E-state index contributed by atoms with van der Waals surface area (Å²) in [6.07, 6.45) is 1.68. The quantitative estimate of drug-likeness (QED) is 0.717. The first-order valence-corrected chi connectivity index (χ1v) is 7.18. The molecule has 2 N–H and O–H groups in total. The highest BCUT2D eigenvalue weighted by Crippen LogP contribution is 2.12. The van der Waals surface area contributed by atoms with Gasteiger partial charge in [-0.2, -0.15) is 0 Å². The summed E-state index contributed by atoms with van der Waals surface area (Å²) in [6.45, 7) is 5.47. The Hall–Kier alpha value is -1.39. The molecule has 112 valence electrons. The van der Waals surface area contributed by atoms with Crippen molar-refractivity contribution in [2.45, 2.75) is 39.3 Å². The largest absolute Gasteiger partial charge is 0.465 e. The predicted octanol–water partition coefficient (Wildman–Crippen LogP) is 2.36. The predicted molar refractivity (Wildman–Crippen MR) is 79.6 cm³/mol. The van der Waals surface area contributed by atoms with Gasteiger partial charge in [-0.25, -0.2) is 4.79 Å². The normalized spacial score (nSPS) is 12.4. The minimum absolute atomic E-state index is 0.306. The van der Waals surface area contributed by atoms with Crippen LogP contribution < -0.4 is 5.32 Å². The second-order valence-corrected chi connectivity index (χ2v) is 4.96. The van der Waals surface area contributed by atoms with Gasteiger partial charge in [-0.15, -0.1) is 0 Å². The van der Waals surface area contributed by atoms with Gasteiger partial charge in [-0.1, -0.05) is 38.8 Å². The molecule has 1 atom stereocenters. The van der Waals surface area contributed by atoms with Crippen LogP contribution in [-0.4, -0.2) is 30.8 Å². The Kier molecular flexibility index (Phi) is 7.26. The minimum Gasteiger partial charge on any atom is -0.465 e. The molecule has 0 aliphatic carbocycles. The molecule has 4 heteroatoms. The van der Waals surface area contributed by atoms with E-state index in [4.69, 9.17) is 0 Å². The molecular weight excluding hydrogens is 254 g/mol. The molecule has 0 bridgehead atoms. The second kappa shape index (κ2) is 8.72. The molecule has 0 heterocycles. The van der Waals surface area contributed by atoms with Gasteiger partial charge in [-0.05, 0) is 23.6 Å². The maximum Gasteiger partial charge on any atom is 0.337 e. The molecule has 1 rings (SSSR count). The van der Waals surface area contributed by atoms with E-state index in [9.17, 15) is 9.90 Å². The molecule has 0 saturated carbocycles. The van der Waals surface area contributed by atoms with Crippen LogP contribution in [0.2, 0.25) is 0 Å². The van der Waals surface area contributed by atoms with E-state index in [0.717, 1.165) is 18.4 Å². The van der Waals surface area contributed by atoms with E-state index in [1.807, 2.05) is 12.1 Å². The Bertz CT molecular complexity index is 399. The first-order chi connectivity index (χ1) is 9.62. The molecule has 0 spiro atoms.